The number of nitro groups is 1. The molecule has 3 aromatic rings. The van der Waals surface area contributed by atoms with Gasteiger partial charge in [0, 0.05) is 35.5 Å². The number of hydrogen-bond donors (Lipinski definition) is 1. The summed E-state index contributed by atoms with van der Waals surface area (Å²) in [6.45, 7) is 5.95. The van der Waals surface area contributed by atoms with Crippen LogP contribution in [0.1, 0.15) is 18.9 Å². The molecule has 0 bridgehead atoms. The van der Waals surface area contributed by atoms with Gasteiger partial charge in [0.05, 0.1) is 15.7 Å². The number of anilines is 1. The first-order valence-electron chi connectivity index (χ1n) is 9.61. The van der Waals surface area contributed by atoms with Gasteiger partial charge in [-0.05, 0) is 25.1 Å². The van der Waals surface area contributed by atoms with Gasteiger partial charge in [-0.15, -0.1) is 16.8 Å². The number of carbonyl (C=O) groups excluding carboxylic acids is 1. The molecule has 1 atom stereocenters. The fourth-order valence-corrected chi connectivity index (χ4v) is 3.92. The number of nitro benzene ring substituents is 1. The summed E-state index contributed by atoms with van der Waals surface area (Å²) >= 11 is 13.4. The summed E-state index contributed by atoms with van der Waals surface area (Å²) < 4.78 is 7.71. The third-order valence-corrected chi connectivity index (χ3v) is 5.80. The Hall–Kier alpha value is -3.08. The van der Waals surface area contributed by atoms with E-state index in [9.17, 15) is 14.9 Å². The summed E-state index contributed by atoms with van der Waals surface area (Å²) in [5.41, 5.74) is 0.230. The van der Waals surface area contributed by atoms with E-state index < -0.39 is 11.0 Å². The fraction of sp³-hybridized carbons (Fsp3) is 0.190. The molecule has 1 aromatic heterocycles. The number of aromatic nitrogens is 3. The van der Waals surface area contributed by atoms with Crippen molar-refractivity contribution in [3.8, 4) is 5.75 Å². The molecule has 0 aliphatic rings. The van der Waals surface area contributed by atoms with Gasteiger partial charge in [-0.3, -0.25) is 19.5 Å². The molecule has 0 spiro atoms. The zero-order valence-corrected chi connectivity index (χ0v) is 19.7. The topological polar surface area (TPSA) is 112 Å². The lowest BCUT2D eigenvalue weighted by atomic mass is 10.3. The number of allylic oxidation sites excluding steroid dienone is 1. The van der Waals surface area contributed by atoms with Crippen LogP contribution in [0.3, 0.4) is 0 Å². The predicted octanol–water partition coefficient (Wildman–Crippen LogP) is 5.55. The van der Waals surface area contributed by atoms with Crippen molar-refractivity contribution in [1.82, 2.24) is 14.8 Å². The lowest BCUT2D eigenvalue weighted by Crippen LogP contribution is -2.15. The lowest BCUT2D eigenvalue weighted by molar-refractivity contribution is -0.384. The number of benzene rings is 2. The Balaban J connectivity index is 1.69. The van der Waals surface area contributed by atoms with Crippen molar-refractivity contribution in [2.75, 3.05) is 11.1 Å². The van der Waals surface area contributed by atoms with E-state index in [2.05, 4.69) is 22.1 Å². The summed E-state index contributed by atoms with van der Waals surface area (Å²) in [7, 11) is 0. The quantitative estimate of drug-likeness (QED) is 0.165. The maximum atomic E-state index is 12.4. The van der Waals surface area contributed by atoms with Crippen molar-refractivity contribution >= 4 is 52.2 Å². The van der Waals surface area contributed by atoms with E-state index in [0.717, 1.165) is 0 Å². The minimum absolute atomic E-state index is 0.0212. The van der Waals surface area contributed by atoms with Crippen molar-refractivity contribution < 1.29 is 14.5 Å². The first-order chi connectivity index (χ1) is 15.8. The number of nitrogens with zero attached hydrogens (tertiary/aromatic N) is 4. The number of halogens is 2. The second-order valence-electron chi connectivity index (χ2n) is 6.72. The van der Waals surface area contributed by atoms with Crippen LogP contribution in [0.25, 0.3) is 0 Å². The van der Waals surface area contributed by atoms with Crippen LogP contribution in [0.5, 0.6) is 5.75 Å². The summed E-state index contributed by atoms with van der Waals surface area (Å²) in [4.78, 5) is 22.7. The summed E-state index contributed by atoms with van der Waals surface area (Å²) in [6.07, 6.45) is 1.17. The molecule has 12 heteroatoms. The van der Waals surface area contributed by atoms with Crippen LogP contribution in [-0.2, 0) is 11.3 Å². The number of amides is 1. The number of carbonyl (C=O) groups is 1. The molecule has 2 aromatic carbocycles. The van der Waals surface area contributed by atoms with Crippen molar-refractivity contribution in [1.29, 1.82) is 0 Å². The second kappa shape index (κ2) is 11.2. The fourth-order valence-electron chi connectivity index (χ4n) is 2.84. The maximum absolute atomic E-state index is 12.4. The number of non-ortho nitro benzene ring substituents is 1. The molecule has 0 radical (unpaired) electrons. The van der Waals surface area contributed by atoms with Crippen molar-refractivity contribution in [2.24, 2.45) is 0 Å². The van der Waals surface area contributed by atoms with Crippen LogP contribution in [0.15, 0.2) is 60.3 Å². The number of hydrogen-bond acceptors (Lipinski definition) is 7. The van der Waals surface area contributed by atoms with Gasteiger partial charge in [0.15, 0.2) is 17.1 Å². The van der Waals surface area contributed by atoms with Crippen molar-refractivity contribution in [2.45, 2.75) is 24.7 Å². The van der Waals surface area contributed by atoms with E-state index in [1.54, 1.807) is 41.8 Å². The van der Waals surface area contributed by atoms with Crippen LogP contribution in [0.2, 0.25) is 10.0 Å². The average molecular weight is 508 g/mol. The monoisotopic (exact) mass is 507 g/mol. The molecule has 1 unspecified atom stereocenters. The third-order valence-electron chi connectivity index (χ3n) is 4.29. The maximum Gasteiger partial charge on any atom is 0.271 e. The van der Waals surface area contributed by atoms with Crippen LogP contribution in [-0.4, -0.2) is 31.3 Å². The Morgan fingerprint density at radius 3 is 2.85 bits per heavy atom. The normalized spacial score (nSPS) is 11.6. The highest BCUT2D eigenvalue weighted by Gasteiger charge is 2.21. The summed E-state index contributed by atoms with van der Waals surface area (Å²) in [5.74, 6) is 0.612. The zero-order chi connectivity index (χ0) is 24.0. The van der Waals surface area contributed by atoms with Gasteiger partial charge in [-0.1, -0.05) is 47.1 Å². The second-order valence-corrected chi connectivity index (χ2v) is 8.51. The van der Waals surface area contributed by atoms with E-state index in [1.807, 2.05) is 0 Å². The largest absolute Gasteiger partial charge is 0.481 e. The van der Waals surface area contributed by atoms with Gasteiger partial charge < -0.3 is 10.1 Å². The number of rotatable bonds is 10. The van der Waals surface area contributed by atoms with Gasteiger partial charge >= 0.3 is 0 Å². The highest BCUT2D eigenvalue weighted by Crippen LogP contribution is 2.32. The molecule has 1 N–H and O–H groups in total. The Bertz CT molecular complexity index is 1190. The van der Waals surface area contributed by atoms with E-state index in [1.165, 1.54) is 30.0 Å². The minimum Gasteiger partial charge on any atom is -0.481 e. The first-order valence-corrected chi connectivity index (χ1v) is 11.4. The lowest BCUT2D eigenvalue weighted by Gasteiger charge is -2.16. The van der Waals surface area contributed by atoms with E-state index >= 15 is 0 Å². The smallest absolute Gasteiger partial charge is 0.271 e. The predicted molar refractivity (Wildman–Crippen MR) is 128 cm³/mol. The SMILES string of the molecule is C=CCn1c(SCC(=O)Nc2cccc([N+](=O)[O-])c2)nnc1C(C)Oc1cc(Cl)ccc1Cl. The van der Waals surface area contributed by atoms with Crippen LogP contribution in [0, 0.1) is 10.1 Å². The molecule has 0 aliphatic carbocycles. The Morgan fingerprint density at radius 1 is 1.33 bits per heavy atom. The average Bonchev–Trinajstić information content (AvgIpc) is 3.18. The van der Waals surface area contributed by atoms with Gasteiger partial charge in [-0.25, -0.2) is 0 Å². The van der Waals surface area contributed by atoms with Crippen LogP contribution >= 0.6 is 35.0 Å². The zero-order valence-electron chi connectivity index (χ0n) is 17.4. The molecule has 0 aliphatic heterocycles. The van der Waals surface area contributed by atoms with Gasteiger partial charge in [0.1, 0.15) is 5.75 Å². The molecule has 33 heavy (non-hydrogen) atoms. The van der Waals surface area contributed by atoms with Crippen LogP contribution in [0.4, 0.5) is 11.4 Å². The molecule has 0 saturated carbocycles. The minimum atomic E-state index is -0.524. The van der Waals surface area contributed by atoms with E-state index in [4.69, 9.17) is 27.9 Å². The Morgan fingerprint density at radius 2 is 2.12 bits per heavy atom. The number of ether oxygens (including phenoxy) is 1. The van der Waals surface area contributed by atoms with Crippen molar-refractivity contribution in [3.05, 3.63) is 81.1 Å². The van der Waals surface area contributed by atoms with E-state index in [-0.39, 0.29) is 17.3 Å². The number of nitrogens with one attached hydrogen (secondary N) is 1. The Labute approximate surface area is 203 Å². The third kappa shape index (κ3) is 6.47. The van der Waals surface area contributed by atoms with Gasteiger partial charge in [-0.2, -0.15) is 0 Å². The highest BCUT2D eigenvalue weighted by molar-refractivity contribution is 7.99. The molecule has 172 valence electrons. The van der Waals surface area contributed by atoms with Gasteiger partial charge in [0.2, 0.25) is 5.91 Å². The standard InChI is InChI=1S/C21H19Cl2N5O4S/c1-3-9-27-20(13(2)32-18-10-14(22)7-8-17(18)23)25-26-21(27)33-12-19(29)24-15-5-4-6-16(11-15)28(30)31/h3-8,10-11,13H,1,9,12H2,2H3,(H,24,29). The van der Waals surface area contributed by atoms with Gasteiger partial charge in [0.25, 0.3) is 5.69 Å². The molecule has 0 fully saturated rings. The van der Waals surface area contributed by atoms with Crippen LogP contribution < -0.4 is 10.1 Å². The Kier molecular flexibility index (Phi) is 8.32. The molecular weight excluding hydrogens is 489 g/mol. The summed E-state index contributed by atoms with van der Waals surface area (Å²) in [6, 6.07) is 10.6. The molecule has 9 nitrogen and oxygen atoms in total. The summed E-state index contributed by atoms with van der Waals surface area (Å²) in [5, 5.41) is 23.3. The first kappa shape index (κ1) is 24.6. The van der Waals surface area contributed by atoms with Crippen molar-refractivity contribution in [3.63, 3.8) is 0 Å². The molecule has 3 rings (SSSR count). The number of thioether (sulfide) groups is 1. The molecular formula is C21H19Cl2N5O4S. The molecule has 1 amide bonds. The molecule has 0 saturated heterocycles. The van der Waals surface area contributed by atoms with E-state index in [0.29, 0.717) is 39.0 Å². The highest BCUT2D eigenvalue weighted by atomic mass is 35.5. The molecule has 1 heterocycles.